The van der Waals surface area contributed by atoms with Crippen LogP contribution in [0.4, 0.5) is 5.69 Å². The molecule has 3 nitrogen and oxygen atoms in total. The van der Waals surface area contributed by atoms with Crippen molar-refractivity contribution in [3.8, 4) is 11.5 Å². The van der Waals surface area contributed by atoms with Gasteiger partial charge in [0.1, 0.15) is 11.5 Å². The van der Waals surface area contributed by atoms with Gasteiger partial charge in [-0.1, -0.05) is 12.1 Å². The number of nitrogens with one attached hydrogen (secondary N) is 1. The molecular formula is C19H25NO2. The van der Waals surface area contributed by atoms with Crippen molar-refractivity contribution in [2.75, 3.05) is 5.32 Å². The van der Waals surface area contributed by atoms with Gasteiger partial charge < -0.3 is 14.8 Å². The molecule has 0 atom stereocenters. The highest BCUT2D eigenvalue weighted by molar-refractivity contribution is 5.47. The fourth-order valence-corrected chi connectivity index (χ4v) is 2.09. The third-order valence-electron chi connectivity index (χ3n) is 3.02. The first-order valence-corrected chi connectivity index (χ1v) is 7.79. The molecule has 1 N–H and O–H groups in total. The van der Waals surface area contributed by atoms with Gasteiger partial charge in [0.2, 0.25) is 0 Å². The summed E-state index contributed by atoms with van der Waals surface area (Å²) in [5.74, 6) is 1.81. The van der Waals surface area contributed by atoms with Crippen LogP contribution in [0, 0.1) is 0 Å². The molecule has 0 unspecified atom stereocenters. The van der Waals surface area contributed by atoms with Crippen molar-refractivity contribution in [1.82, 2.24) is 0 Å². The van der Waals surface area contributed by atoms with Crippen LogP contribution in [0.2, 0.25) is 0 Å². The van der Waals surface area contributed by atoms with Gasteiger partial charge in [-0.05, 0) is 69.7 Å². The monoisotopic (exact) mass is 299 g/mol. The molecule has 0 heterocycles. The minimum atomic E-state index is 0.199. The zero-order chi connectivity index (χ0) is 15.9. The number of benzene rings is 2. The largest absolute Gasteiger partial charge is 0.491 e. The SMILES string of the molecule is CC(C)Oc1ccc(CNc2ccc(OC(C)C)cc2)cc1. The van der Waals surface area contributed by atoms with Gasteiger partial charge in [0.25, 0.3) is 0 Å². The first kappa shape index (κ1) is 16.2. The van der Waals surface area contributed by atoms with Crippen molar-refractivity contribution in [2.45, 2.75) is 46.4 Å². The summed E-state index contributed by atoms with van der Waals surface area (Å²) in [4.78, 5) is 0. The van der Waals surface area contributed by atoms with Crippen molar-refractivity contribution < 1.29 is 9.47 Å². The van der Waals surface area contributed by atoms with E-state index in [0.717, 1.165) is 23.7 Å². The lowest BCUT2D eigenvalue weighted by atomic mass is 10.2. The summed E-state index contributed by atoms with van der Waals surface area (Å²) < 4.78 is 11.3. The zero-order valence-electron chi connectivity index (χ0n) is 13.8. The Morgan fingerprint density at radius 1 is 0.727 bits per heavy atom. The lowest BCUT2D eigenvalue weighted by molar-refractivity contribution is 0.242. The van der Waals surface area contributed by atoms with E-state index < -0.39 is 0 Å². The molecule has 0 bridgehead atoms. The van der Waals surface area contributed by atoms with Crippen LogP contribution in [0.25, 0.3) is 0 Å². The van der Waals surface area contributed by atoms with Gasteiger partial charge in [0.05, 0.1) is 12.2 Å². The molecule has 2 aromatic rings. The van der Waals surface area contributed by atoms with Gasteiger partial charge in [0, 0.05) is 12.2 Å². The van der Waals surface area contributed by atoms with E-state index in [1.165, 1.54) is 5.56 Å². The van der Waals surface area contributed by atoms with E-state index in [-0.39, 0.29) is 12.2 Å². The van der Waals surface area contributed by atoms with E-state index in [1.807, 2.05) is 64.1 Å². The Kier molecular flexibility index (Phi) is 5.70. The topological polar surface area (TPSA) is 30.5 Å². The van der Waals surface area contributed by atoms with Crippen LogP contribution in [-0.4, -0.2) is 12.2 Å². The Labute approximate surface area is 133 Å². The maximum absolute atomic E-state index is 5.64. The molecule has 0 fully saturated rings. The molecule has 0 amide bonds. The normalized spacial score (nSPS) is 10.8. The summed E-state index contributed by atoms with van der Waals surface area (Å²) >= 11 is 0. The Balaban J connectivity index is 1.87. The van der Waals surface area contributed by atoms with Crippen LogP contribution in [0.3, 0.4) is 0 Å². The summed E-state index contributed by atoms with van der Waals surface area (Å²) in [5.41, 5.74) is 2.30. The first-order chi connectivity index (χ1) is 10.5. The summed E-state index contributed by atoms with van der Waals surface area (Å²) in [7, 11) is 0. The third kappa shape index (κ3) is 5.32. The number of hydrogen-bond acceptors (Lipinski definition) is 3. The van der Waals surface area contributed by atoms with Crippen LogP contribution in [0.1, 0.15) is 33.3 Å². The number of rotatable bonds is 7. The van der Waals surface area contributed by atoms with E-state index in [9.17, 15) is 0 Å². The molecule has 0 radical (unpaired) electrons. The summed E-state index contributed by atoms with van der Waals surface area (Å²) in [5, 5.41) is 3.41. The second-order valence-corrected chi connectivity index (χ2v) is 5.86. The van der Waals surface area contributed by atoms with E-state index in [2.05, 4.69) is 17.4 Å². The van der Waals surface area contributed by atoms with Crippen molar-refractivity contribution in [1.29, 1.82) is 0 Å². The fraction of sp³-hybridized carbons (Fsp3) is 0.368. The summed E-state index contributed by atoms with van der Waals surface area (Å²) in [6.07, 6.45) is 0.404. The van der Waals surface area contributed by atoms with Crippen molar-refractivity contribution in [2.24, 2.45) is 0 Å². The van der Waals surface area contributed by atoms with Crippen LogP contribution >= 0.6 is 0 Å². The van der Waals surface area contributed by atoms with E-state index in [0.29, 0.717) is 0 Å². The predicted octanol–water partition coefficient (Wildman–Crippen LogP) is 4.87. The smallest absolute Gasteiger partial charge is 0.119 e. The lowest BCUT2D eigenvalue weighted by Crippen LogP contribution is -2.06. The molecule has 0 aliphatic carbocycles. The van der Waals surface area contributed by atoms with E-state index in [1.54, 1.807) is 0 Å². The first-order valence-electron chi connectivity index (χ1n) is 7.79. The third-order valence-corrected chi connectivity index (χ3v) is 3.02. The van der Waals surface area contributed by atoms with Gasteiger partial charge >= 0.3 is 0 Å². The minimum absolute atomic E-state index is 0.199. The summed E-state index contributed by atoms with van der Waals surface area (Å²) in [6, 6.07) is 16.2. The van der Waals surface area contributed by atoms with Crippen LogP contribution in [0.5, 0.6) is 11.5 Å². The fourth-order valence-electron chi connectivity index (χ4n) is 2.09. The quantitative estimate of drug-likeness (QED) is 0.791. The number of hydrogen-bond donors (Lipinski definition) is 1. The molecule has 118 valence electrons. The highest BCUT2D eigenvalue weighted by Gasteiger charge is 2.00. The van der Waals surface area contributed by atoms with Gasteiger partial charge in [0.15, 0.2) is 0 Å². The predicted molar refractivity (Wildman–Crippen MR) is 91.7 cm³/mol. The molecule has 0 aromatic heterocycles. The van der Waals surface area contributed by atoms with E-state index >= 15 is 0 Å². The van der Waals surface area contributed by atoms with Crippen LogP contribution in [-0.2, 0) is 6.54 Å². The standard InChI is InChI=1S/C19H25NO2/c1-14(2)21-18-9-5-16(6-10-18)13-20-17-7-11-19(12-8-17)22-15(3)4/h5-12,14-15,20H,13H2,1-4H3. The van der Waals surface area contributed by atoms with E-state index in [4.69, 9.17) is 9.47 Å². The molecule has 22 heavy (non-hydrogen) atoms. The van der Waals surface area contributed by atoms with Crippen molar-refractivity contribution in [3.05, 3.63) is 54.1 Å². The highest BCUT2D eigenvalue weighted by Crippen LogP contribution is 2.18. The minimum Gasteiger partial charge on any atom is -0.491 e. The van der Waals surface area contributed by atoms with Crippen LogP contribution in [0.15, 0.2) is 48.5 Å². The van der Waals surface area contributed by atoms with Crippen molar-refractivity contribution >= 4 is 5.69 Å². The lowest BCUT2D eigenvalue weighted by Gasteiger charge is -2.12. The zero-order valence-corrected chi connectivity index (χ0v) is 13.8. The molecule has 0 saturated heterocycles. The van der Waals surface area contributed by atoms with Gasteiger partial charge in [-0.25, -0.2) is 0 Å². The Bertz CT molecular complexity index is 505. The molecule has 0 aliphatic heterocycles. The van der Waals surface area contributed by atoms with Gasteiger partial charge in [-0.15, -0.1) is 0 Å². The molecule has 3 heteroatoms. The number of anilines is 1. The Hall–Kier alpha value is -2.16. The van der Waals surface area contributed by atoms with Crippen LogP contribution < -0.4 is 14.8 Å². The molecule has 0 spiro atoms. The maximum Gasteiger partial charge on any atom is 0.119 e. The molecule has 2 aromatic carbocycles. The second-order valence-electron chi connectivity index (χ2n) is 5.86. The molecule has 0 saturated carbocycles. The number of ether oxygens (including phenoxy) is 2. The average molecular weight is 299 g/mol. The second kappa shape index (κ2) is 7.74. The average Bonchev–Trinajstić information content (AvgIpc) is 2.47. The molecular weight excluding hydrogens is 274 g/mol. The molecule has 0 aliphatic rings. The van der Waals surface area contributed by atoms with Gasteiger partial charge in [-0.2, -0.15) is 0 Å². The maximum atomic E-state index is 5.64. The Morgan fingerprint density at radius 2 is 1.18 bits per heavy atom. The highest BCUT2D eigenvalue weighted by atomic mass is 16.5. The molecule has 2 rings (SSSR count). The summed E-state index contributed by atoms with van der Waals surface area (Å²) in [6.45, 7) is 8.90. The van der Waals surface area contributed by atoms with Crippen molar-refractivity contribution in [3.63, 3.8) is 0 Å². The van der Waals surface area contributed by atoms with Gasteiger partial charge in [-0.3, -0.25) is 0 Å². The Morgan fingerprint density at radius 3 is 1.64 bits per heavy atom.